The van der Waals surface area contributed by atoms with Crippen LogP contribution in [0.2, 0.25) is 5.02 Å². The van der Waals surface area contributed by atoms with Gasteiger partial charge in [0.2, 0.25) is 0 Å². The first-order valence-electron chi connectivity index (χ1n) is 6.10. The Balaban J connectivity index is 2.88. The minimum absolute atomic E-state index is 0.0533. The summed E-state index contributed by atoms with van der Waals surface area (Å²) in [4.78, 5) is 32.8. The van der Waals surface area contributed by atoms with Crippen molar-refractivity contribution in [3.63, 3.8) is 0 Å². The number of non-ortho nitro benzene ring substituents is 1. The van der Waals surface area contributed by atoms with E-state index in [0.717, 1.165) is 12.1 Å². The van der Waals surface area contributed by atoms with Crippen LogP contribution in [0.4, 0.5) is 5.69 Å². The lowest BCUT2D eigenvalue weighted by Crippen LogP contribution is -2.43. The SMILES string of the molecule is CC(C)(CCC(=O)O)NC(=O)c1cc(Cl)cc([N+](=O)[O-])c1. The molecule has 7 nitrogen and oxygen atoms in total. The Kier molecular flexibility index (Phi) is 5.26. The van der Waals surface area contributed by atoms with E-state index in [1.54, 1.807) is 13.8 Å². The van der Waals surface area contributed by atoms with E-state index < -0.39 is 22.3 Å². The summed E-state index contributed by atoms with van der Waals surface area (Å²) >= 11 is 5.75. The van der Waals surface area contributed by atoms with Crippen LogP contribution in [0.25, 0.3) is 0 Å². The van der Waals surface area contributed by atoms with Crippen molar-refractivity contribution < 1.29 is 19.6 Å². The van der Waals surface area contributed by atoms with Gasteiger partial charge in [0.1, 0.15) is 0 Å². The highest BCUT2D eigenvalue weighted by Crippen LogP contribution is 2.22. The van der Waals surface area contributed by atoms with Crippen molar-refractivity contribution in [1.82, 2.24) is 5.32 Å². The van der Waals surface area contributed by atoms with E-state index in [1.807, 2.05) is 0 Å². The lowest BCUT2D eigenvalue weighted by atomic mass is 9.97. The van der Waals surface area contributed by atoms with Gasteiger partial charge in [-0.15, -0.1) is 0 Å². The van der Waals surface area contributed by atoms with Crippen molar-refractivity contribution in [3.05, 3.63) is 38.9 Å². The molecular formula is C13H15ClN2O5. The fourth-order valence-electron chi connectivity index (χ4n) is 1.67. The maximum absolute atomic E-state index is 12.1. The standard InChI is InChI=1S/C13H15ClN2O5/c1-13(2,4-3-11(17)18)15-12(19)8-5-9(14)7-10(6-8)16(20)21/h5-7H,3-4H2,1-2H3,(H,15,19)(H,17,18). The number of nitro benzene ring substituents is 1. The number of nitrogens with one attached hydrogen (secondary N) is 1. The first-order valence-corrected chi connectivity index (χ1v) is 6.48. The minimum Gasteiger partial charge on any atom is -0.481 e. The predicted molar refractivity (Wildman–Crippen MR) is 76.5 cm³/mol. The van der Waals surface area contributed by atoms with Gasteiger partial charge in [0, 0.05) is 34.7 Å². The second kappa shape index (κ2) is 6.53. The molecule has 0 radical (unpaired) electrons. The van der Waals surface area contributed by atoms with Crippen LogP contribution in [-0.2, 0) is 4.79 Å². The quantitative estimate of drug-likeness (QED) is 0.619. The molecule has 8 heteroatoms. The number of carbonyl (C=O) groups is 2. The van der Waals surface area contributed by atoms with E-state index in [9.17, 15) is 19.7 Å². The highest BCUT2D eigenvalue weighted by atomic mass is 35.5. The smallest absolute Gasteiger partial charge is 0.303 e. The molecule has 1 rings (SSSR count). The van der Waals surface area contributed by atoms with Crippen molar-refractivity contribution >= 4 is 29.2 Å². The average molecular weight is 315 g/mol. The van der Waals surface area contributed by atoms with Crippen LogP contribution < -0.4 is 5.32 Å². The number of carboxylic acid groups (broad SMARTS) is 1. The molecule has 0 aliphatic heterocycles. The third-order valence-corrected chi connectivity index (χ3v) is 2.99. The fraction of sp³-hybridized carbons (Fsp3) is 0.385. The van der Waals surface area contributed by atoms with Crippen LogP contribution >= 0.6 is 11.6 Å². The second-order valence-corrected chi connectivity index (χ2v) is 5.62. The van der Waals surface area contributed by atoms with Gasteiger partial charge in [0.05, 0.1) is 4.92 Å². The van der Waals surface area contributed by atoms with Gasteiger partial charge < -0.3 is 10.4 Å². The first kappa shape index (κ1) is 16.9. The average Bonchev–Trinajstić information content (AvgIpc) is 2.35. The highest BCUT2D eigenvalue weighted by molar-refractivity contribution is 6.31. The fourth-order valence-corrected chi connectivity index (χ4v) is 1.90. The van der Waals surface area contributed by atoms with E-state index in [1.165, 1.54) is 6.07 Å². The molecule has 0 spiro atoms. The molecule has 0 heterocycles. The van der Waals surface area contributed by atoms with Gasteiger partial charge in [0.15, 0.2) is 0 Å². The van der Waals surface area contributed by atoms with Crippen LogP contribution in [0, 0.1) is 10.1 Å². The van der Waals surface area contributed by atoms with Crippen LogP contribution in [0.5, 0.6) is 0 Å². The monoisotopic (exact) mass is 314 g/mol. The Morgan fingerprint density at radius 2 is 2.00 bits per heavy atom. The molecule has 0 aromatic heterocycles. The Morgan fingerprint density at radius 1 is 1.38 bits per heavy atom. The van der Waals surface area contributed by atoms with Gasteiger partial charge >= 0.3 is 5.97 Å². The van der Waals surface area contributed by atoms with E-state index in [4.69, 9.17) is 16.7 Å². The van der Waals surface area contributed by atoms with Crippen molar-refractivity contribution in [2.75, 3.05) is 0 Å². The third kappa shape index (κ3) is 5.39. The molecule has 0 aliphatic rings. The maximum Gasteiger partial charge on any atom is 0.303 e. The molecule has 0 unspecified atom stereocenters. The number of benzene rings is 1. The van der Waals surface area contributed by atoms with Gasteiger partial charge in [-0.3, -0.25) is 19.7 Å². The largest absolute Gasteiger partial charge is 0.481 e. The molecule has 0 saturated carbocycles. The molecule has 114 valence electrons. The molecule has 1 aromatic carbocycles. The van der Waals surface area contributed by atoms with Crippen molar-refractivity contribution in [2.24, 2.45) is 0 Å². The van der Waals surface area contributed by atoms with E-state index in [2.05, 4.69) is 5.32 Å². The number of hydrogen-bond acceptors (Lipinski definition) is 4. The molecular weight excluding hydrogens is 300 g/mol. The molecule has 1 amide bonds. The zero-order valence-corrected chi connectivity index (χ0v) is 12.3. The number of halogens is 1. The third-order valence-electron chi connectivity index (χ3n) is 2.77. The van der Waals surface area contributed by atoms with Crippen molar-refractivity contribution in [2.45, 2.75) is 32.2 Å². The molecule has 0 atom stereocenters. The maximum atomic E-state index is 12.1. The Labute approximate surface area is 126 Å². The summed E-state index contributed by atoms with van der Waals surface area (Å²) in [5.74, 6) is -1.51. The Bertz CT molecular complexity index is 586. The minimum atomic E-state index is -0.962. The zero-order valence-electron chi connectivity index (χ0n) is 11.6. The number of nitro groups is 1. The van der Waals surface area contributed by atoms with Gasteiger partial charge in [0.25, 0.3) is 11.6 Å². The molecule has 2 N–H and O–H groups in total. The molecule has 0 bridgehead atoms. The number of amides is 1. The lowest BCUT2D eigenvalue weighted by Gasteiger charge is -2.25. The van der Waals surface area contributed by atoms with Crippen LogP contribution in [0.1, 0.15) is 37.0 Å². The van der Waals surface area contributed by atoms with Gasteiger partial charge in [-0.05, 0) is 26.3 Å². The van der Waals surface area contributed by atoms with E-state index >= 15 is 0 Å². The summed E-state index contributed by atoms with van der Waals surface area (Å²) < 4.78 is 0. The number of rotatable bonds is 6. The molecule has 0 fully saturated rings. The van der Waals surface area contributed by atoms with Gasteiger partial charge in [-0.2, -0.15) is 0 Å². The summed E-state index contributed by atoms with van der Waals surface area (Å²) in [6.45, 7) is 3.35. The van der Waals surface area contributed by atoms with E-state index in [0.29, 0.717) is 0 Å². The summed E-state index contributed by atoms with van der Waals surface area (Å²) in [6.07, 6.45) is 0.139. The Morgan fingerprint density at radius 3 is 2.52 bits per heavy atom. The number of carboxylic acids is 1. The highest BCUT2D eigenvalue weighted by Gasteiger charge is 2.23. The molecule has 0 aliphatic carbocycles. The van der Waals surface area contributed by atoms with Crippen LogP contribution in [-0.4, -0.2) is 27.4 Å². The summed E-state index contributed by atoms with van der Waals surface area (Å²) in [6, 6.07) is 3.58. The van der Waals surface area contributed by atoms with Crippen LogP contribution in [0.3, 0.4) is 0 Å². The number of hydrogen-bond donors (Lipinski definition) is 2. The normalized spacial score (nSPS) is 11.0. The van der Waals surface area contributed by atoms with Crippen molar-refractivity contribution in [1.29, 1.82) is 0 Å². The zero-order chi connectivity index (χ0) is 16.2. The number of carbonyl (C=O) groups excluding carboxylic acids is 1. The molecule has 21 heavy (non-hydrogen) atoms. The van der Waals surface area contributed by atoms with Crippen molar-refractivity contribution in [3.8, 4) is 0 Å². The predicted octanol–water partition coefficient (Wildman–Crippen LogP) is 2.62. The van der Waals surface area contributed by atoms with Gasteiger partial charge in [-0.1, -0.05) is 11.6 Å². The summed E-state index contributed by atoms with van der Waals surface area (Å²) in [5.41, 5.74) is -0.986. The molecule has 0 saturated heterocycles. The number of nitrogens with zero attached hydrogens (tertiary/aromatic N) is 1. The van der Waals surface area contributed by atoms with Gasteiger partial charge in [-0.25, -0.2) is 0 Å². The Hall–Kier alpha value is -2.15. The molecule has 1 aromatic rings. The van der Waals surface area contributed by atoms with Crippen LogP contribution in [0.15, 0.2) is 18.2 Å². The number of aliphatic carboxylic acids is 1. The topological polar surface area (TPSA) is 110 Å². The second-order valence-electron chi connectivity index (χ2n) is 5.19. The van der Waals surface area contributed by atoms with E-state index in [-0.39, 0.29) is 29.1 Å². The lowest BCUT2D eigenvalue weighted by molar-refractivity contribution is -0.384. The first-order chi connectivity index (χ1) is 9.60. The summed E-state index contributed by atoms with van der Waals surface area (Å²) in [5, 5.41) is 22.1. The summed E-state index contributed by atoms with van der Waals surface area (Å²) in [7, 11) is 0.